The van der Waals surface area contributed by atoms with E-state index in [9.17, 15) is 4.79 Å². The summed E-state index contributed by atoms with van der Waals surface area (Å²) >= 11 is 0. The summed E-state index contributed by atoms with van der Waals surface area (Å²) in [5.41, 5.74) is 0. The Bertz CT molecular complexity index is 269. The van der Waals surface area contributed by atoms with Crippen molar-refractivity contribution in [2.75, 3.05) is 0 Å². The molecule has 116 valence electrons. The van der Waals surface area contributed by atoms with Crippen LogP contribution in [0, 0.1) is 29.6 Å². The van der Waals surface area contributed by atoms with Gasteiger partial charge < -0.3 is 4.79 Å². The van der Waals surface area contributed by atoms with E-state index in [0.29, 0.717) is 5.92 Å². The minimum Gasteiger partial charge on any atom is -0.303 e. The fourth-order valence-electron chi connectivity index (χ4n) is 4.91. The second-order valence-electron chi connectivity index (χ2n) is 7.62. The summed E-state index contributed by atoms with van der Waals surface area (Å²) < 4.78 is 0. The van der Waals surface area contributed by atoms with Gasteiger partial charge in [0.15, 0.2) is 0 Å². The smallest absolute Gasteiger partial charge is 0.120 e. The molecule has 2 aliphatic rings. The molecule has 20 heavy (non-hydrogen) atoms. The molecule has 0 aliphatic heterocycles. The van der Waals surface area contributed by atoms with Crippen molar-refractivity contribution in [2.24, 2.45) is 29.6 Å². The largest absolute Gasteiger partial charge is 0.303 e. The van der Waals surface area contributed by atoms with Crippen molar-refractivity contribution in [3.63, 3.8) is 0 Å². The SMILES string of the molecule is CCCC(C)C1CCC(C2CCC(CC=O)CC2)CC1. The summed E-state index contributed by atoms with van der Waals surface area (Å²) in [6, 6.07) is 0. The Labute approximate surface area is 125 Å². The number of hydrogen-bond donors (Lipinski definition) is 0. The molecule has 1 heteroatoms. The van der Waals surface area contributed by atoms with Crippen molar-refractivity contribution >= 4 is 6.29 Å². The van der Waals surface area contributed by atoms with Crippen LogP contribution in [-0.4, -0.2) is 6.29 Å². The lowest BCUT2D eigenvalue weighted by Gasteiger charge is -2.39. The molecule has 2 saturated carbocycles. The van der Waals surface area contributed by atoms with Gasteiger partial charge >= 0.3 is 0 Å². The summed E-state index contributed by atoms with van der Waals surface area (Å²) in [4.78, 5) is 10.6. The first kappa shape index (κ1) is 16.0. The third kappa shape index (κ3) is 4.33. The Kier molecular flexibility index (Phi) is 6.58. The minimum atomic E-state index is 0.713. The van der Waals surface area contributed by atoms with Gasteiger partial charge in [-0.3, -0.25) is 0 Å². The van der Waals surface area contributed by atoms with Crippen molar-refractivity contribution in [3.8, 4) is 0 Å². The zero-order chi connectivity index (χ0) is 14.4. The lowest BCUT2D eigenvalue weighted by atomic mass is 9.67. The van der Waals surface area contributed by atoms with Gasteiger partial charge in [0.25, 0.3) is 0 Å². The van der Waals surface area contributed by atoms with E-state index < -0.39 is 0 Å². The van der Waals surface area contributed by atoms with Gasteiger partial charge in [-0.1, -0.05) is 26.7 Å². The molecule has 0 radical (unpaired) electrons. The monoisotopic (exact) mass is 278 g/mol. The van der Waals surface area contributed by atoms with Crippen LogP contribution in [0.1, 0.15) is 84.5 Å². The molecular formula is C19H34O. The molecule has 2 rings (SSSR count). The van der Waals surface area contributed by atoms with Crippen LogP contribution in [0.15, 0.2) is 0 Å². The quantitative estimate of drug-likeness (QED) is 0.576. The van der Waals surface area contributed by atoms with Crippen LogP contribution >= 0.6 is 0 Å². The van der Waals surface area contributed by atoms with Crippen LogP contribution in [0.4, 0.5) is 0 Å². The van der Waals surface area contributed by atoms with Crippen LogP contribution in [0.3, 0.4) is 0 Å². The number of rotatable bonds is 6. The van der Waals surface area contributed by atoms with E-state index in [4.69, 9.17) is 0 Å². The number of aldehydes is 1. The number of carbonyl (C=O) groups is 1. The average molecular weight is 278 g/mol. The molecule has 1 atom stereocenters. The second kappa shape index (κ2) is 8.20. The Morgan fingerprint density at radius 2 is 1.50 bits per heavy atom. The highest BCUT2D eigenvalue weighted by molar-refractivity contribution is 5.49. The van der Waals surface area contributed by atoms with E-state index >= 15 is 0 Å². The fourth-order valence-corrected chi connectivity index (χ4v) is 4.91. The van der Waals surface area contributed by atoms with Gasteiger partial charge in [0, 0.05) is 6.42 Å². The van der Waals surface area contributed by atoms with E-state index in [2.05, 4.69) is 13.8 Å². The van der Waals surface area contributed by atoms with Crippen molar-refractivity contribution in [1.29, 1.82) is 0 Å². The Hall–Kier alpha value is -0.330. The third-order valence-corrected chi connectivity index (χ3v) is 6.35. The molecule has 0 amide bonds. The highest BCUT2D eigenvalue weighted by Crippen LogP contribution is 2.43. The summed E-state index contributed by atoms with van der Waals surface area (Å²) in [5.74, 6) is 4.67. The molecule has 0 aromatic rings. The first-order chi connectivity index (χ1) is 9.74. The summed E-state index contributed by atoms with van der Waals surface area (Å²) in [7, 11) is 0. The summed E-state index contributed by atoms with van der Waals surface area (Å²) in [5, 5.41) is 0. The van der Waals surface area contributed by atoms with E-state index in [-0.39, 0.29) is 0 Å². The standard InChI is InChI=1S/C19H34O/c1-3-4-15(2)17-9-11-19(12-10-17)18-7-5-16(6-8-18)13-14-20/h14-19H,3-13H2,1-2H3. The normalized spacial score (nSPS) is 36.5. The first-order valence-corrected chi connectivity index (χ1v) is 9.18. The summed E-state index contributed by atoms with van der Waals surface area (Å²) in [6.07, 6.45) is 16.1. The van der Waals surface area contributed by atoms with Crippen molar-refractivity contribution in [2.45, 2.75) is 84.5 Å². The van der Waals surface area contributed by atoms with Gasteiger partial charge in [-0.25, -0.2) is 0 Å². The van der Waals surface area contributed by atoms with Crippen molar-refractivity contribution in [1.82, 2.24) is 0 Å². The predicted octanol–water partition coefficient (Wildman–Crippen LogP) is 5.62. The first-order valence-electron chi connectivity index (χ1n) is 9.18. The number of carbonyl (C=O) groups excluding carboxylic acids is 1. The van der Waals surface area contributed by atoms with Gasteiger partial charge in [0.2, 0.25) is 0 Å². The maximum Gasteiger partial charge on any atom is 0.120 e. The molecular weight excluding hydrogens is 244 g/mol. The molecule has 2 aliphatic carbocycles. The fraction of sp³-hybridized carbons (Fsp3) is 0.947. The van der Waals surface area contributed by atoms with Gasteiger partial charge in [0.05, 0.1) is 0 Å². The Morgan fingerprint density at radius 1 is 0.950 bits per heavy atom. The lowest BCUT2D eigenvalue weighted by Crippen LogP contribution is -2.27. The van der Waals surface area contributed by atoms with E-state index in [1.165, 1.54) is 64.2 Å². The zero-order valence-electron chi connectivity index (χ0n) is 13.7. The molecule has 0 bridgehead atoms. The molecule has 0 N–H and O–H groups in total. The van der Waals surface area contributed by atoms with E-state index in [0.717, 1.165) is 36.4 Å². The topological polar surface area (TPSA) is 17.1 Å². The summed E-state index contributed by atoms with van der Waals surface area (Å²) in [6.45, 7) is 4.79. The van der Waals surface area contributed by atoms with Gasteiger partial charge in [0.1, 0.15) is 6.29 Å². The molecule has 1 nitrogen and oxygen atoms in total. The van der Waals surface area contributed by atoms with Crippen LogP contribution in [0.5, 0.6) is 0 Å². The maximum absolute atomic E-state index is 10.6. The highest BCUT2D eigenvalue weighted by atomic mass is 16.1. The molecule has 1 unspecified atom stereocenters. The van der Waals surface area contributed by atoms with Crippen LogP contribution in [0.2, 0.25) is 0 Å². The maximum atomic E-state index is 10.6. The van der Waals surface area contributed by atoms with Gasteiger partial charge in [-0.05, 0) is 81.0 Å². The Balaban J connectivity index is 1.70. The molecule has 0 spiro atoms. The molecule has 2 fully saturated rings. The molecule has 0 aromatic carbocycles. The van der Waals surface area contributed by atoms with Crippen LogP contribution < -0.4 is 0 Å². The van der Waals surface area contributed by atoms with Crippen LogP contribution in [0.25, 0.3) is 0 Å². The average Bonchev–Trinajstić information content (AvgIpc) is 2.49. The molecule has 0 heterocycles. The lowest BCUT2D eigenvalue weighted by molar-refractivity contribution is -0.108. The van der Waals surface area contributed by atoms with E-state index in [1.54, 1.807) is 0 Å². The molecule has 0 saturated heterocycles. The zero-order valence-corrected chi connectivity index (χ0v) is 13.7. The number of hydrogen-bond acceptors (Lipinski definition) is 1. The van der Waals surface area contributed by atoms with Crippen LogP contribution in [-0.2, 0) is 4.79 Å². The molecule has 0 aromatic heterocycles. The second-order valence-corrected chi connectivity index (χ2v) is 7.62. The predicted molar refractivity (Wildman–Crippen MR) is 85.6 cm³/mol. The van der Waals surface area contributed by atoms with Gasteiger partial charge in [-0.15, -0.1) is 0 Å². The highest BCUT2D eigenvalue weighted by Gasteiger charge is 2.31. The van der Waals surface area contributed by atoms with Gasteiger partial charge in [-0.2, -0.15) is 0 Å². The minimum absolute atomic E-state index is 0.713. The van der Waals surface area contributed by atoms with E-state index in [1.807, 2.05) is 0 Å². The van der Waals surface area contributed by atoms with Crippen molar-refractivity contribution < 1.29 is 4.79 Å². The third-order valence-electron chi connectivity index (χ3n) is 6.35. The van der Waals surface area contributed by atoms with Crippen molar-refractivity contribution in [3.05, 3.63) is 0 Å². The Morgan fingerprint density at radius 3 is 2.00 bits per heavy atom.